The molecule has 0 saturated heterocycles. The summed E-state index contributed by atoms with van der Waals surface area (Å²) < 4.78 is 4.41. The Morgan fingerprint density at radius 3 is 2.72 bits per heavy atom. The second-order valence-corrected chi connectivity index (χ2v) is 3.56. The van der Waals surface area contributed by atoms with Crippen LogP contribution in [-0.2, 0) is 14.3 Å². The van der Waals surface area contributed by atoms with Gasteiger partial charge in [0, 0.05) is 12.6 Å². The molecule has 7 nitrogen and oxygen atoms in total. The van der Waals surface area contributed by atoms with Crippen molar-refractivity contribution in [2.75, 3.05) is 7.11 Å². The predicted octanol–water partition coefficient (Wildman–Crippen LogP) is 0.151. The van der Waals surface area contributed by atoms with E-state index in [0.29, 0.717) is 0 Å². The van der Waals surface area contributed by atoms with Gasteiger partial charge in [0.1, 0.15) is 11.7 Å². The molecule has 0 aromatic carbocycles. The number of hydrogen-bond acceptors (Lipinski definition) is 4. The molecule has 1 atom stereocenters. The van der Waals surface area contributed by atoms with E-state index in [1.807, 2.05) is 0 Å². The minimum absolute atomic E-state index is 0.0194. The first kappa shape index (κ1) is 13.8. The Hall–Kier alpha value is -2.31. The number of aromatic nitrogens is 1. The van der Waals surface area contributed by atoms with E-state index in [1.54, 1.807) is 12.3 Å². The fourth-order valence-electron chi connectivity index (χ4n) is 1.33. The Kier molecular flexibility index (Phi) is 4.91. The van der Waals surface area contributed by atoms with Crippen LogP contribution in [-0.4, -0.2) is 41.1 Å². The Balaban J connectivity index is 2.55. The van der Waals surface area contributed by atoms with Crippen molar-refractivity contribution in [1.82, 2.24) is 10.3 Å². The normalized spacial score (nSPS) is 11.6. The van der Waals surface area contributed by atoms with Crippen molar-refractivity contribution in [3.63, 3.8) is 0 Å². The SMILES string of the molecule is COC(=O)CCC(NC(=O)c1ccc[nH]1)C(=O)O. The number of methoxy groups -OCH3 is 1. The molecule has 1 aromatic heterocycles. The quantitative estimate of drug-likeness (QED) is 0.626. The van der Waals surface area contributed by atoms with Gasteiger partial charge in [-0.05, 0) is 18.6 Å². The summed E-state index contributed by atoms with van der Waals surface area (Å²) in [5.74, 6) is -2.24. The summed E-state index contributed by atoms with van der Waals surface area (Å²) in [6.45, 7) is 0. The van der Waals surface area contributed by atoms with E-state index in [4.69, 9.17) is 5.11 Å². The second-order valence-electron chi connectivity index (χ2n) is 3.56. The van der Waals surface area contributed by atoms with E-state index in [9.17, 15) is 14.4 Å². The van der Waals surface area contributed by atoms with Gasteiger partial charge in [-0.3, -0.25) is 9.59 Å². The highest BCUT2D eigenvalue weighted by Gasteiger charge is 2.22. The van der Waals surface area contributed by atoms with E-state index in [0.717, 1.165) is 0 Å². The third-order valence-corrected chi connectivity index (χ3v) is 2.31. The summed E-state index contributed by atoms with van der Waals surface area (Å²) in [7, 11) is 1.22. The smallest absolute Gasteiger partial charge is 0.326 e. The van der Waals surface area contributed by atoms with Crippen LogP contribution in [0.3, 0.4) is 0 Å². The van der Waals surface area contributed by atoms with Crippen LogP contribution in [0.1, 0.15) is 23.3 Å². The summed E-state index contributed by atoms with van der Waals surface area (Å²) in [6, 6.07) is 2.02. The van der Waals surface area contributed by atoms with Gasteiger partial charge in [0.15, 0.2) is 0 Å². The van der Waals surface area contributed by atoms with Gasteiger partial charge < -0.3 is 20.1 Å². The summed E-state index contributed by atoms with van der Waals surface area (Å²) >= 11 is 0. The van der Waals surface area contributed by atoms with Gasteiger partial charge in [-0.1, -0.05) is 0 Å². The molecule has 1 amide bonds. The molecule has 3 N–H and O–H groups in total. The maximum absolute atomic E-state index is 11.6. The third-order valence-electron chi connectivity index (χ3n) is 2.31. The Morgan fingerprint density at radius 2 is 2.22 bits per heavy atom. The van der Waals surface area contributed by atoms with Crippen LogP contribution in [0, 0.1) is 0 Å². The molecule has 1 heterocycles. The third kappa shape index (κ3) is 3.93. The molecule has 0 saturated carbocycles. The van der Waals surface area contributed by atoms with Gasteiger partial charge >= 0.3 is 11.9 Å². The maximum atomic E-state index is 11.6. The number of esters is 1. The lowest BCUT2D eigenvalue weighted by molar-refractivity contribution is -0.142. The lowest BCUT2D eigenvalue weighted by Crippen LogP contribution is -2.41. The Morgan fingerprint density at radius 1 is 1.50 bits per heavy atom. The van der Waals surface area contributed by atoms with Crippen LogP contribution in [0.4, 0.5) is 0 Å². The number of aromatic amines is 1. The molecule has 0 aliphatic heterocycles. The lowest BCUT2D eigenvalue weighted by Gasteiger charge is -2.13. The van der Waals surface area contributed by atoms with E-state index >= 15 is 0 Å². The van der Waals surface area contributed by atoms with Crippen molar-refractivity contribution in [2.45, 2.75) is 18.9 Å². The molecule has 0 aliphatic rings. The standard InChI is InChI=1S/C11H14N2O5/c1-18-9(14)5-4-8(11(16)17)13-10(15)7-3-2-6-12-7/h2-3,6,8,12H,4-5H2,1H3,(H,13,15)(H,16,17). The van der Waals surface area contributed by atoms with E-state index in [2.05, 4.69) is 15.0 Å². The zero-order valence-electron chi connectivity index (χ0n) is 9.80. The van der Waals surface area contributed by atoms with Gasteiger partial charge in [0.2, 0.25) is 0 Å². The van der Waals surface area contributed by atoms with Crippen LogP contribution < -0.4 is 5.32 Å². The molecular weight excluding hydrogens is 240 g/mol. The largest absolute Gasteiger partial charge is 0.480 e. The number of amides is 1. The van der Waals surface area contributed by atoms with Gasteiger partial charge in [0.25, 0.3) is 5.91 Å². The number of rotatable bonds is 6. The first-order valence-corrected chi connectivity index (χ1v) is 5.28. The number of carboxylic acid groups (broad SMARTS) is 1. The molecule has 0 bridgehead atoms. The zero-order chi connectivity index (χ0) is 13.5. The fraction of sp³-hybridized carbons (Fsp3) is 0.364. The average molecular weight is 254 g/mol. The highest BCUT2D eigenvalue weighted by molar-refractivity contribution is 5.95. The van der Waals surface area contributed by atoms with E-state index < -0.39 is 23.9 Å². The monoisotopic (exact) mass is 254 g/mol. The number of carboxylic acids is 1. The summed E-state index contributed by atoms with van der Waals surface area (Å²) in [5, 5.41) is 11.2. The van der Waals surface area contributed by atoms with Crippen molar-refractivity contribution >= 4 is 17.8 Å². The van der Waals surface area contributed by atoms with Crippen molar-refractivity contribution in [3.8, 4) is 0 Å². The van der Waals surface area contributed by atoms with E-state index in [1.165, 1.54) is 13.2 Å². The van der Waals surface area contributed by atoms with Crippen LogP contribution >= 0.6 is 0 Å². The minimum Gasteiger partial charge on any atom is -0.480 e. The number of aliphatic carboxylic acids is 1. The number of hydrogen-bond donors (Lipinski definition) is 3. The molecule has 7 heteroatoms. The highest BCUT2D eigenvalue weighted by atomic mass is 16.5. The topological polar surface area (TPSA) is 108 Å². The van der Waals surface area contributed by atoms with Crippen LogP contribution in [0.15, 0.2) is 18.3 Å². The zero-order valence-corrected chi connectivity index (χ0v) is 9.80. The fourth-order valence-corrected chi connectivity index (χ4v) is 1.33. The molecular formula is C11H14N2O5. The molecule has 1 rings (SSSR count). The van der Waals surface area contributed by atoms with Crippen LogP contribution in [0.2, 0.25) is 0 Å². The number of carbonyl (C=O) groups is 3. The summed E-state index contributed by atoms with van der Waals surface area (Å²) in [6.07, 6.45) is 1.46. The number of ether oxygens (including phenoxy) is 1. The number of carbonyl (C=O) groups excluding carboxylic acids is 2. The Labute approximate surface area is 103 Å². The summed E-state index contributed by atoms with van der Waals surface area (Å²) in [4.78, 5) is 36.1. The Bertz CT molecular complexity index is 427. The van der Waals surface area contributed by atoms with Gasteiger partial charge in [-0.2, -0.15) is 0 Å². The molecule has 0 radical (unpaired) electrons. The van der Waals surface area contributed by atoms with Crippen molar-refractivity contribution in [3.05, 3.63) is 24.0 Å². The van der Waals surface area contributed by atoms with Gasteiger partial charge in [-0.15, -0.1) is 0 Å². The highest BCUT2D eigenvalue weighted by Crippen LogP contribution is 2.02. The molecule has 1 aromatic rings. The number of nitrogens with one attached hydrogen (secondary N) is 2. The average Bonchev–Trinajstić information content (AvgIpc) is 2.87. The first-order chi connectivity index (χ1) is 8.54. The molecule has 0 aliphatic carbocycles. The van der Waals surface area contributed by atoms with Gasteiger partial charge in [0.05, 0.1) is 7.11 Å². The first-order valence-electron chi connectivity index (χ1n) is 5.28. The maximum Gasteiger partial charge on any atom is 0.326 e. The minimum atomic E-state index is -1.20. The number of H-pyrrole nitrogens is 1. The van der Waals surface area contributed by atoms with Crippen LogP contribution in [0.25, 0.3) is 0 Å². The predicted molar refractivity (Wildman–Crippen MR) is 60.9 cm³/mol. The van der Waals surface area contributed by atoms with Gasteiger partial charge in [-0.25, -0.2) is 4.79 Å². The van der Waals surface area contributed by atoms with Crippen LogP contribution in [0.5, 0.6) is 0 Å². The van der Waals surface area contributed by atoms with E-state index in [-0.39, 0.29) is 18.5 Å². The van der Waals surface area contributed by atoms with Crippen molar-refractivity contribution in [2.24, 2.45) is 0 Å². The summed E-state index contributed by atoms with van der Waals surface area (Å²) in [5.41, 5.74) is 0.263. The van der Waals surface area contributed by atoms with Crippen molar-refractivity contribution < 1.29 is 24.2 Å². The molecule has 0 spiro atoms. The molecule has 18 heavy (non-hydrogen) atoms. The van der Waals surface area contributed by atoms with Crippen molar-refractivity contribution in [1.29, 1.82) is 0 Å². The lowest BCUT2D eigenvalue weighted by atomic mass is 10.1. The molecule has 0 fully saturated rings. The molecule has 1 unspecified atom stereocenters. The molecule has 98 valence electrons. The second kappa shape index (κ2) is 6.43.